The molecule has 0 unspecified atom stereocenters. The molecule has 0 heterocycles. The average molecular weight is 130 g/mol. The first kappa shape index (κ1) is 15.8. The van der Waals surface area contributed by atoms with Gasteiger partial charge in [-0.1, -0.05) is 0 Å². The standard InChI is InChI=1S/C4H8O2.Na.H2O.H/c1-3-6-4(2)5;;;/h3H2,1-2H3;;1H2;. The van der Waals surface area contributed by atoms with Crippen molar-refractivity contribution in [2.45, 2.75) is 13.8 Å². The summed E-state index contributed by atoms with van der Waals surface area (Å²) in [4.78, 5) is 9.82. The van der Waals surface area contributed by atoms with Crippen LogP contribution in [0.15, 0.2) is 0 Å². The zero-order valence-electron chi connectivity index (χ0n) is 4.52. The van der Waals surface area contributed by atoms with Crippen LogP contribution in [0, 0.1) is 0 Å². The van der Waals surface area contributed by atoms with Crippen LogP contribution < -0.4 is 0 Å². The summed E-state index contributed by atoms with van der Waals surface area (Å²) in [6, 6.07) is 0. The van der Waals surface area contributed by atoms with E-state index in [1.165, 1.54) is 6.92 Å². The van der Waals surface area contributed by atoms with Gasteiger partial charge in [-0.15, -0.1) is 0 Å². The molecule has 3 nitrogen and oxygen atoms in total. The van der Waals surface area contributed by atoms with E-state index in [-0.39, 0.29) is 41.0 Å². The summed E-state index contributed by atoms with van der Waals surface area (Å²) in [5, 5.41) is 0. The molecule has 0 saturated carbocycles. The van der Waals surface area contributed by atoms with E-state index in [0.717, 1.165) is 0 Å². The Kier molecular flexibility index (Phi) is 20.6. The third kappa shape index (κ3) is 16.1. The van der Waals surface area contributed by atoms with Gasteiger partial charge in [-0.3, -0.25) is 4.79 Å². The van der Waals surface area contributed by atoms with Crippen LogP contribution in [0.2, 0.25) is 0 Å². The number of hydrogen-bond acceptors (Lipinski definition) is 2. The molecular formula is C4H11NaO3. The number of esters is 1. The van der Waals surface area contributed by atoms with Gasteiger partial charge in [0.2, 0.25) is 0 Å². The van der Waals surface area contributed by atoms with E-state index in [1.807, 2.05) is 0 Å². The van der Waals surface area contributed by atoms with Crippen LogP contribution in [-0.2, 0) is 9.53 Å². The summed E-state index contributed by atoms with van der Waals surface area (Å²) in [7, 11) is 0. The van der Waals surface area contributed by atoms with Crippen molar-refractivity contribution in [2.75, 3.05) is 6.61 Å². The molecule has 4 heteroatoms. The van der Waals surface area contributed by atoms with E-state index in [2.05, 4.69) is 4.74 Å². The van der Waals surface area contributed by atoms with E-state index >= 15 is 0 Å². The number of carbonyl (C=O) groups is 1. The Labute approximate surface area is 71.0 Å². The topological polar surface area (TPSA) is 57.8 Å². The molecule has 0 aliphatic rings. The van der Waals surface area contributed by atoms with Crippen molar-refractivity contribution in [3.63, 3.8) is 0 Å². The number of carbonyl (C=O) groups excluding carboxylic acids is 1. The van der Waals surface area contributed by atoms with E-state index in [1.54, 1.807) is 6.92 Å². The fraction of sp³-hybridized carbons (Fsp3) is 0.750. The molecule has 2 N–H and O–H groups in total. The molecular weight excluding hydrogens is 119 g/mol. The Morgan fingerprint density at radius 1 is 1.62 bits per heavy atom. The minimum absolute atomic E-state index is 0. The van der Waals surface area contributed by atoms with Crippen molar-refractivity contribution in [1.29, 1.82) is 0 Å². The molecule has 0 aromatic carbocycles. The number of ether oxygens (including phenoxy) is 1. The van der Waals surface area contributed by atoms with Gasteiger partial charge in [-0.25, -0.2) is 0 Å². The molecule has 0 atom stereocenters. The summed E-state index contributed by atoms with van der Waals surface area (Å²) in [5.74, 6) is -0.211. The van der Waals surface area contributed by atoms with E-state index in [0.29, 0.717) is 6.61 Å². The fourth-order valence-corrected chi connectivity index (χ4v) is 0.203. The quantitative estimate of drug-likeness (QED) is 0.341. The molecule has 0 rings (SSSR count). The van der Waals surface area contributed by atoms with Crippen molar-refractivity contribution in [3.8, 4) is 0 Å². The van der Waals surface area contributed by atoms with Gasteiger partial charge >= 0.3 is 35.5 Å². The normalized spacial score (nSPS) is 5.75. The number of rotatable bonds is 1. The van der Waals surface area contributed by atoms with Gasteiger partial charge in [0.15, 0.2) is 0 Å². The van der Waals surface area contributed by atoms with Crippen molar-refractivity contribution >= 4 is 35.5 Å². The minimum atomic E-state index is -0.211. The van der Waals surface area contributed by atoms with E-state index in [4.69, 9.17) is 0 Å². The molecule has 0 saturated heterocycles. The van der Waals surface area contributed by atoms with Crippen LogP contribution in [0.25, 0.3) is 0 Å². The van der Waals surface area contributed by atoms with Crippen molar-refractivity contribution in [1.82, 2.24) is 0 Å². The summed E-state index contributed by atoms with van der Waals surface area (Å²) in [5.41, 5.74) is 0. The molecule has 0 aliphatic carbocycles. The van der Waals surface area contributed by atoms with E-state index < -0.39 is 0 Å². The Morgan fingerprint density at radius 2 is 2.00 bits per heavy atom. The SMILES string of the molecule is CCOC(C)=O.O.[NaH]. The number of hydrogen-bond donors (Lipinski definition) is 0. The summed E-state index contributed by atoms with van der Waals surface area (Å²) >= 11 is 0. The average Bonchev–Trinajstić information content (AvgIpc) is 1.35. The molecule has 0 radical (unpaired) electrons. The molecule has 0 bridgehead atoms. The van der Waals surface area contributed by atoms with Gasteiger partial charge in [0.25, 0.3) is 0 Å². The first-order valence-corrected chi connectivity index (χ1v) is 1.90. The third-order valence-corrected chi connectivity index (χ3v) is 0.348. The van der Waals surface area contributed by atoms with Gasteiger partial charge in [0.1, 0.15) is 0 Å². The second-order valence-corrected chi connectivity index (χ2v) is 0.925. The Bertz CT molecular complexity index is 55.2. The van der Waals surface area contributed by atoms with Gasteiger partial charge < -0.3 is 10.2 Å². The van der Waals surface area contributed by atoms with Crippen molar-refractivity contribution < 1.29 is 15.0 Å². The molecule has 0 aromatic heterocycles. The van der Waals surface area contributed by atoms with Gasteiger partial charge in [0.05, 0.1) is 6.61 Å². The van der Waals surface area contributed by atoms with Gasteiger partial charge in [-0.2, -0.15) is 0 Å². The first-order chi connectivity index (χ1) is 2.77. The Balaban J connectivity index is -0.000000125. The van der Waals surface area contributed by atoms with Crippen molar-refractivity contribution in [2.24, 2.45) is 0 Å². The fourth-order valence-electron chi connectivity index (χ4n) is 0.203. The molecule has 0 aliphatic heterocycles. The van der Waals surface area contributed by atoms with Gasteiger partial charge in [0, 0.05) is 6.92 Å². The van der Waals surface area contributed by atoms with Gasteiger partial charge in [-0.05, 0) is 6.92 Å². The Morgan fingerprint density at radius 3 is 2.00 bits per heavy atom. The Hall–Kier alpha value is 0.430. The summed E-state index contributed by atoms with van der Waals surface area (Å²) < 4.78 is 4.40. The zero-order chi connectivity index (χ0) is 4.99. The molecule has 8 heavy (non-hydrogen) atoms. The molecule has 0 spiro atoms. The molecule has 0 amide bonds. The predicted octanol–water partition coefficient (Wildman–Crippen LogP) is -0.904. The second kappa shape index (κ2) is 10.4. The van der Waals surface area contributed by atoms with Crippen LogP contribution in [0.3, 0.4) is 0 Å². The van der Waals surface area contributed by atoms with Crippen LogP contribution in [0.4, 0.5) is 0 Å². The van der Waals surface area contributed by atoms with E-state index in [9.17, 15) is 4.79 Å². The van der Waals surface area contributed by atoms with Crippen LogP contribution in [0.5, 0.6) is 0 Å². The first-order valence-electron chi connectivity index (χ1n) is 1.90. The van der Waals surface area contributed by atoms with Crippen LogP contribution >= 0.6 is 0 Å². The summed E-state index contributed by atoms with van der Waals surface area (Å²) in [6.45, 7) is 3.65. The maximum absolute atomic E-state index is 9.82. The molecule has 0 fully saturated rings. The maximum atomic E-state index is 9.82. The van der Waals surface area contributed by atoms with Crippen LogP contribution in [-0.4, -0.2) is 47.6 Å². The zero-order valence-corrected chi connectivity index (χ0v) is 4.52. The third-order valence-electron chi connectivity index (χ3n) is 0.348. The summed E-state index contributed by atoms with van der Waals surface area (Å²) in [6.07, 6.45) is 0. The second-order valence-electron chi connectivity index (χ2n) is 0.925. The molecule has 0 aromatic rings. The van der Waals surface area contributed by atoms with Crippen LogP contribution in [0.1, 0.15) is 13.8 Å². The predicted molar refractivity (Wildman–Crippen MR) is 33.1 cm³/mol. The van der Waals surface area contributed by atoms with Crippen molar-refractivity contribution in [3.05, 3.63) is 0 Å². The molecule has 46 valence electrons. The monoisotopic (exact) mass is 130 g/mol.